The van der Waals surface area contributed by atoms with Gasteiger partial charge in [0.2, 0.25) is 0 Å². The summed E-state index contributed by atoms with van der Waals surface area (Å²) in [7, 11) is 0. The standard InChI is InChI=1S/C23H27N3O/c1-15-10-17-12-16(2)27-23(3,18-4-7-24-8-5-18)14-26-21-6-9-25-13-20(21)19(11-15)22(17)26/h4-5,7-8,10-11,16,25H,6,9,12-14H2,1-3H3. The van der Waals surface area contributed by atoms with Crippen LogP contribution in [-0.4, -0.2) is 22.2 Å². The van der Waals surface area contributed by atoms with Gasteiger partial charge in [-0.3, -0.25) is 4.98 Å². The van der Waals surface area contributed by atoms with Gasteiger partial charge >= 0.3 is 0 Å². The molecule has 0 amide bonds. The molecule has 2 atom stereocenters. The van der Waals surface area contributed by atoms with Gasteiger partial charge in [0.05, 0.1) is 18.2 Å². The van der Waals surface area contributed by atoms with Crippen molar-refractivity contribution in [2.24, 2.45) is 0 Å². The third-order valence-corrected chi connectivity index (χ3v) is 6.16. The molecular weight excluding hydrogens is 334 g/mol. The molecule has 4 nitrogen and oxygen atoms in total. The van der Waals surface area contributed by atoms with Crippen LogP contribution in [0.15, 0.2) is 36.7 Å². The number of aryl methyl sites for hydroxylation is 1. The molecule has 2 aliphatic heterocycles. The lowest BCUT2D eigenvalue weighted by molar-refractivity contribution is -0.0917. The number of aromatic nitrogens is 2. The predicted octanol–water partition coefficient (Wildman–Crippen LogP) is 3.87. The Bertz CT molecular complexity index is 1010. The second-order valence-electron chi connectivity index (χ2n) is 8.36. The highest BCUT2D eigenvalue weighted by atomic mass is 16.5. The molecular formula is C23H27N3O. The number of ether oxygens (including phenoxy) is 1. The molecule has 5 rings (SSSR count). The number of benzene rings is 1. The van der Waals surface area contributed by atoms with Gasteiger partial charge in [0.25, 0.3) is 0 Å². The molecule has 0 radical (unpaired) electrons. The summed E-state index contributed by atoms with van der Waals surface area (Å²) in [5, 5.41) is 5.00. The molecule has 3 aromatic rings. The van der Waals surface area contributed by atoms with Gasteiger partial charge < -0.3 is 14.6 Å². The van der Waals surface area contributed by atoms with Gasteiger partial charge in [0.1, 0.15) is 5.60 Å². The van der Waals surface area contributed by atoms with Gasteiger partial charge in [-0.2, -0.15) is 0 Å². The number of rotatable bonds is 1. The minimum atomic E-state index is -0.366. The van der Waals surface area contributed by atoms with Crippen molar-refractivity contribution in [1.82, 2.24) is 14.9 Å². The van der Waals surface area contributed by atoms with Crippen molar-refractivity contribution < 1.29 is 4.74 Å². The average molecular weight is 361 g/mol. The van der Waals surface area contributed by atoms with Crippen molar-refractivity contribution >= 4 is 10.9 Å². The van der Waals surface area contributed by atoms with Crippen LogP contribution in [0.3, 0.4) is 0 Å². The van der Waals surface area contributed by atoms with Crippen molar-refractivity contribution in [3.05, 3.63) is 64.6 Å². The smallest absolute Gasteiger partial charge is 0.109 e. The van der Waals surface area contributed by atoms with Crippen LogP contribution in [0.5, 0.6) is 0 Å². The van der Waals surface area contributed by atoms with E-state index in [0.717, 1.165) is 32.5 Å². The van der Waals surface area contributed by atoms with Crippen LogP contribution in [0.1, 0.15) is 41.8 Å². The van der Waals surface area contributed by atoms with E-state index < -0.39 is 0 Å². The van der Waals surface area contributed by atoms with Crippen LogP contribution >= 0.6 is 0 Å². The summed E-state index contributed by atoms with van der Waals surface area (Å²) in [5.74, 6) is 0. The summed E-state index contributed by atoms with van der Waals surface area (Å²) < 4.78 is 9.25. The minimum Gasteiger partial charge on any atom is -0.365 e. The summed E-state index contributed by atoms with van der Waals surface area (Å²) in [6.45, 7) is 9.49. The van der Waals surface area contributed by atoms with Gasteiger partial charge in [-0.05, 0) is 55.7 Å². The normalized spacial score (nSPS) is 25.1. The zero-order valence-electron chi connectivity index (χ0n) is 16.4. The number of pyridine rings is 1. The van der Waals surface area contributed by atoms with E-state index in [2.05, 4.69) is 59.9 Å². The molecule has 1 N–H and O–H groups in total. The van der Waals surface area contributed by atoms with Gasteiger partial charge in [-0.25, -0.2) is 0 Å². The molecule has 4 heteroatoms. The maximum atomic E-state index is 6.69. The molecule has 140 valence electrons. The molecule has 0 fully saturated rings. The fourth-order valence-corrected chi connectivity index (χ4v) is 5.09. The fraction of sp³-hybridized carbons (Fsp3) is 0.435. The first-order valence-electron chi connectivity index (χ1n) is 9.98. The van der Waals surface area contributed by atoms with Gasteiger partial charge in [0, 0.05) is 49.4 Å². The van der Waals surface area contributed by atoms with E-state index in [-0.39, 0.29) is 11.7 Å². The van der Waals surface area contributed by atoms with Crippen molar-refractivity contribution in [3.63, 3.8) is 0 Å². The SMILES string of the molecule is Cc1cc2c3c(c1)c1c(n3CC(C)(c3ccncc3)OC(C)C2)CCNC1. The lowest BCUT2D eigenvalue weighted by atomic mass is 9.93. The maximum absolute atomic E-state index is 6.69. The Balaban J connectivity index is 1.78. The number of hydrogen-bond acceptors (Lipinski definition) is 3. The van der Waals surface area contributed by atoms with Crippen molar-refractivity contribution in [3.8, 4) is 0 Å². The van der Waals surface area contributed by atoms with Crippen molar-refractivity contribution in [1.29, 1.82) is 0 Å². The molecule has 0 saturated carbocycles. The number of hydrogen-bond donors (Lipinski definition) is 1. The monoisotopic (exact) mass is 361 g/mol. The topological polar surface area (TPSA) is 39.1 Å². The quantitative estimate of drug-likeness (QED) is 0.715. The van der Waals surface area contributed by atoms with Crippen LogP contribution in [0.2, 0.25) is 0 Å². The molecule has 1 aromatic carbocycles. The number of fused-ring (bicyclic) bond motifs is 3. The zero-order chi connectivity index (χ0) is 18.6. The van der Waals surface area contributed by atoms with Gasteiger partial charge in [-0.15, -0.1) is 0 Å². The van der Waals surface area contributed by atoms with Crippen LogP contribution in [0, 0.1) is 6.92 Å². The van der Waals surface area contributed by atoms with Crippen LogP contribution < -0.4 is 5.32 Å². The summed E-state index contributed by atoms with van der Waals surface area (Å²) in [6, 6.07) is 8.92. The minimum absolute atomic E-state index is 0.159. The third kappa shape index (κ3) is 2.70. The molecule has 0 bridgehead atoms. The molecule has 2 aliphatic rings. The molecule has 2 aromatic heterocycles. The number of nitrogens with zero attached hydrogens (tertiary/aromatic N) is 2. The Kier molecular flexibility index (Phi) is 3.88. The molecule has 4 heterocycles. The molecule has 0 saturated heterocycles. The lowest BCUT2D eigenvalue weighted by Crippen LogP contribution is -2.38. The van der Waals surface area contributed by atoms with E-state index in [1.165, 1.54) is 38.9 Å². The van der Waals surface area contributed by atoms with E-state index in [1.807, 2.05) is 12.4 Å². The lowest BCUT2D eigenvalue weighted by Gasteiger charge is -2.37. The molecule has 2 unspecified atom stereocenters. The Labute approximate surface area is 160 Å². The molecule has 0 aliphatic carbocycles. The van der Waals surface area contributed by atoms with Crippen molar-refractivity contribution in [2.45, 2.75) is 58.4 Å². The van der Waals surface area contributed by atoms with Crippen LogP contribution in [-0.2, 0) is 36.3 Å². The highest BCUT2D eigenvalue weighted by Gasteiger charge is 2.35. The first-order valence-corrected chi connectivity index (χ1v) is 9.98. The summed E-state index contributed by atoms with van der Waals surface area (Å²) in [6.07, 6.45) is 5.91. The second-order valence-corrected chi connectivity index (χ2v) is 8.36. The maximum Gasteiger partial charge on any atom is 0.109 e. The Morgan fingerprint density at radius 1 is 1.26 bits per heavy atom. The van der Waals surface area contributed by atoms with E-state index in [0.29, 0.717) is 0 Å². The van der Waals surface area contributed by atoms with E-state index in [9.17, 15) is 0 Å². The first-order chi connectivity index (χ1) is 13.0. The highest BCUT2D eigenvalue weighted by Crippen LogP contribution is 2.39. The molecule has 27 heavy (non-hydrogen) atoms. The fourth-order valence-electron chi connectivity index (χ4n) is 5.09. The van der Waals surface area contributed by atoms with Gasteiger partial charge in [0.15, 0.2) is 0 Å². The van der Waals surface area contributed by atoms with Crippen LogP contribution in [0.4, 0.5) is 0 Å². The largest absolute Gasteiger partial charge is 0.365 e. The molecule has 0 spiro atoms. The van der Waals surface area contributed by atoms with Crippen LogP contribution in [0.25, 0.3) is 10.9 Å². The summed E-state index contributed by atoms with van der Waals surface area (Å²) in [4.78, 5) is 4.21. The van der Waals surface area contributed by atoms with Crippen molar-refractivity contribution in [2.75, 3.05) is 6.54 Å². The summed E-state index contributed by atoms with van der Waals surface area (Å²) >= 11 is 0. The predicted molar refractivity (Wildman–Crippen MR) is 108 cm³/mol. The highest BCUT2D eigenvalue weighted by molar-refractivity contribution is 5.89. The Morgan fingerprint density at radius 3 is 2.89 bits per heavy atom. The van der Waals surface area contributed by atoms with Gasteiger partial charge in [-0.1, -0.05) is 11.6 Å². The first kappa shape index (κ1) is 17.0. The van der Waals surface area contributed by atoms with E-state index in [1.54, 1.807) is 0 Å². The average Bonchev–Trinajstić information content (AvgIpc) is 2.95. The second kappa shape index (κ2) is 6.18. The summed E-state index contributed by atoms with van der Waals surface area (Å²) in [5.41, 5.74) is 7.97. The number of nitrogens with one attached hydrogen (secondary N) is 1. The Morgan fingerprint density at radius 2 is 2.07 bits per heavy atom. The third-order valence-electron chi connectivity index (χ3n) is 6.16. The Hall–Kier alpha value is -2.17. The van der Waals surface area contributed by atoms with E-state index >= 15 is 0 Å². The van der Waals surface area contributed by atoms with E-state index in [4.69, 9.17) is 4.74 Å². The zero-order valence-corrected chi connectivity index (χ0v) is 16.4.